The van der Waals surface area contributed by atoms with E-state index in [4.69, 9.17) is 11.6 Å². The first kappa shape index (κ1) is 10.8. The molecule has 0 aromatic heterocycles. The number of nitrogens with one attached hydrogen (secondary N) is 1. The van der Waals surface area contributed by atoms with Crippen molar-refractivity contribution in [3.63, 3.8) is 0 Å². The van der Waals surface area contributed by atoms with Crippen molar-refractivity contribution in [3.8, 4) is 0 Å². The molecule has 1 aliphatic carbocycles. The van der Waals surface area contributed by atoms with Gasteiger partial charge in [-0.15, -0.1) is 11.6 Å². The van der Waals surface area contributed by atoms with Crippen molar-refractivity contribution in [1.82, 2.24) is 5.32 Å². The molecule has 1 atom stereocenters. The average molecular weight is 204 g/mol. The Bertz CT molecular complexity index is 185. The van der Waals surface area contributed by atoms with E-state index in [0.29, 0.717) is 0 Å². The van der Waals surface area contributed by atoms with Gasteiger partial charge in [0.2, 0.25) is 5.91 Å². The Morgan fingerprint density at radius 1 is 1.38 bits per heavy atom. The zero-order valence-electron chi connectivity index (χ0n) is 8.40. The van der Waals surface area contributed by atoms with Gasteiger partial charge in [0.1, 0.15) is 5.38 Å². The van der Waals surface area contributed by atoms with Crippen molar-refractivity contribution in [2.75, 3.05) is 0 Å². The molecule has 1 amide bonds. The summed E-state index contributed by atoms with van der Waals surface area (Å²) in [5.74, 6) is -0.0360. The highest BCUT2D eigenvalue weighted by molar-refractivity contribution is 6.30. The lowest BCUT2D eigenvalue weighted by atomic mass is 9.83. The van der Waals surface area contributed by atoms with Crippen LogP contribution in [0.25, 0.3) is 0 Å². The van der Waals surface area contributed by atoms with Crippen LogP contribution >= 0.6 is 11.6 Å². The summed E-state index contributed by atoms with van der Waals surface area (Å²) in [7, 11) is 0. The number of carbonyl (C=O) groups excluding carboxylic acids is 1. The van der Waals surface area contributed by atoms with Gasteiger partial charge in [0.05, 0.1) is 0 Å². The Labute approximate surface area is 85.0 Å². The van der Waals surface area contributed by atoms with E-state index < -0.39 is 5.38 Å². The molecule has 0 aliphatic heterocycles. The number of carbonyl (C=O) groups is 1. The second-order valence-electron chi connectivity index (χ2n) is 4.23. The Morgan fingerprint density at radius 3 is 2.38 bits per heavy atom. The Kier molecular flexibility index (Phi) is 3.60. The third kappa shape index (κ3) is 3.18. The molecule has 76 valence electrons. The van der Waals surface area contributed by atoms with Crippen LogP contribution < -0.4 is 5.32 Å². The molecule has 0 bridgehead atoms. The standard InChI is InChI=1S/C10H18ClNO/c1-8(11)9(13)12-10(2)6-4-3-5-7-10/h8H,3-7H2,1-2H3,(H,12,13). The van der Waals surface area contributed by atoms with E-state index in [1.54, 1.807) is 6.92 Å². The van der Waals surface area contributed by atoms with E-state index in [2.05, 4.69) is 12.2 Å². The van der Waals surface area contributed by atoms with Gasteiger partial charge in [-0.25, -0.2) is 0 Å². The molecular weight excluding hydrogens is 186 g/mol. The normalized spacial score (nSPS) is 23.6. The lowest BCUT2D eigenvalue weighted by Gasteiger charge is -2.34. The predicted octanol–water partition coefficient (Wildman–Crippen LogP) is 2.45. The van der Waals surface area contributed by atoms with Crippen LogP contribution in [-0.4, -0.2) is 16.8 Å². The van der Waals surface area contributed by atoms with E-state index in [9.17, 15) is 4.79 Å². The van der Waals surface area contributed by atoms with Gasteiger partial charge in [0, 0.05) is 5.54 Å². The highest BCUT2D eigenvalue weighted by Gasteiger charge is 2.29. The summed E-state index contributed by atoms with van der Waals surface area (Å²) in [5.41, 5.74) is -0.00150. The van der Waals surface area contributed by atoms with Crippen LogP contribution in [0.4, 0.5) is 0 Å². The minimum atomic E-state index is -0.418. The van der Waals surface area contributed by atoms with Crippen molar-refractivity contribution < 1.29 is 4.79 Å². The molecule has 1 fully saturated rings. The summed E-state index contributed by atoms with van der Waals surface area (Å²) in [6, 6.07) is 0. The first-order chi connectivity index (χ1) is 6.03. The predicted molar refractivity (Wildman–Crippen MR) is 54.9 cm³/mol. The highest BCUT2D eigenvalue weighted by atomic mass is 35.5. The van der Waals surface area contributed by atoms with Gasteiger partial charge >= 0.3 is 0 Å². The minimum absolute atomic E-state index is 0.00150. The number of amides is 1. The zero-order valence-corrected chi connectivity index (χ0v) is 9.16. The van der Waals surface area contributed by atoms with Crippen LogP contribution in [0.3, 0.4) is 0 Å². The summed E-state index contributed by atoms with van der Waals surface area (Å²) in [4.78, 5) is 11.4. The molecule has 0 saturated heterocycles. The molecule has 2 nitrogen and oxygen atoms in total. The second kappa shape index (κ2) is 4.32. The van der Waals surface area contributed by atoms with Crippen molar-refractivity contribution in [3.05, 3.63) is 0 Å². The molecule has 3 heteroatoms. The fourth-order valence-corrected chi connectivity index (χ4v) is 1.91. The maximum atomic E-state index is 11.4. The summed E-state index contributed by atoms with van der Waals surface area (Å²) in [6.07, 6.45) is 5.90. The maximum Gasteiger partial charge on any atom is 0.238 e. The maximum absolute atomic E-state index is 11.4. The van der Waals surface area contributed by atoms with Gasteiger partial charge in [-0.1, -0.05) is 19.3 Å². The van der Waals surface area contributed by atoms with Gasteiger partial charge < -0.3 is 5.32 Å². The largest absolute Gasteiger partial charge is 0.350 e. The fourth-order valence-electron chi connectivity index (χ4n) is 1.85. The van der Waals surface area contributed by atoms with Crippen LogP contribution in [0.2, 0.25) is 0 Å². The smallest absolute Gasteiger partial charge is 0.238 e. The molecule has 1 rings (SSSR count). The number of rotatable bonds is 2. The third-order valence-corrected chi connectivity index (χ3v) is 2.94. The van der Waals surface area contributed by atoms with E-state index in [1.165, 1.54) is 19.3 Å². The lowest BCUT2D eigenvalue weighted by Crippen LogP contribution is -2.49. The Morgan fingerprint density at radius 2 is 1.92 bits per heavy atom. The van der Waals surface area contributed by atoms with Crippen LogP contribution in [-0.2, 0) is 4.79 Å². The van der Waals surface area contributed by atoms with Crippen LogP contribution in [0.15, 0.2) is 0 Å². The van der Waals surface area contributed by atoms with E-state index in [1.807, 2.05) is 0 Å². The SMILES string of the molecule is CC(Cl)C(=O)NC1(C)CCCCC1. The average Bonchev–Trinajstić information content (AvgIpc) is 2.04. The molecule has 13 heavy (non-hydrogen) atoms. The van der Waals surface area contributed by atoms with Crippen molar-refractivity contribution >= 4 is 17.5 Å². The van der Waals surface area contributed by atoms with Crippen molar-refractivity contribution in [2.24, 2.45) is 0 Å². The van der Waals surface area contributed by atoms with E-state index in [-0.39, 0.29) is 11.4 Å². The number of halogens is 1. The fraction of sp³-hybridized carbons (Fsp3) is 0.900. The van der Waals surface area contributed by atoms with Gasteiger partial charge in [-0.05, 0) is 26.7 Å². The molecular formula is C10H18ClNO. The number of alkyl halides is 1. The minimum Gasteiger partial charge on any atom is -0.350 e. The van der Waals surface area contributed by atoms with E-state index >= 15 is 0 Å². The molecule has 0 aromatic carbocycles. The molecule has 1 aliphatic rings. The third-order valence-electron chi connectivity index (χ3n) is 2.74. The molecule has 1 unspecified atom stereocenters. The van der Waals surface area contributed by atoms with Gasteiger partial charge in [-0.3, -0.25) is 4.79 Å². The molecule has 0 spiro atoms. The molecule has 1 saturated carbocycles. The van der Waals surface area contributed by atoms with Crippen LogP contribution in [0.5, 0.6) is 0 Å². The zero-order chi connectivity index (χ0) is 9.90. The molecule has 0 radical (unpaired) electrons. The molecule has 1 N–H and O–H groups in total. The first-order valence-electron chi connectivity index (χ1n) is 5.00. The summed E-state index contributed by atoms with van der Waals surface area (Å²) in [6.45, 7) is 3.83. The van der Waals surface area contributed by atoms with Crippen molar-refractivity contribution in [1.29, 1.82) is 0 Å². The highest BCUT2D eigenvalue weighted by Crippen LogP contribution is 2.27. The van der Waals surface area contributed by atoms with Gasteiger partial charge in [0.15, 0.2) is 0 Å². The van der Waals surface area contributed by atoms with Crippen LogP contribution in [0, 0.1) is 0 Å². The molecule has 0 aromatic rings. The van der Waals surface area contributed by atoms with E-state index in [0.717, 1.165) is 12.8 Å². The van der Waals surface area contributed by atoms with Crippen LogP contribution in [0.1, 0.15) is 46.0 Å². The monoisotopic (exact) mass is 203 g/mol. The number of hydrogen-bond donors (Lipinski definition) is 1. The quantitative estimate of drug-likeness (QED) is 0.687. The Hall–Kier alpha value is -0.240. The number of hydrogen-bond acceptors (Lipinski definition) is 1. The summed E-state index contributed by atoms with van der Waals surface area (Å²) < 4.78 is 0. The summed E-state index contributed by atoms with van der Waals surface area (Å²) >= 11 is 5.70. The van der Waals surface area contributed by atoms with Gasteiger partial charge in [0.25, 0.3) is 0 Å². The molecule has 0 heterocycles. The lowest BCUT2D eigenvalue weighted by molar-refractivity contribution is -0.122. The topological polar surface area (TPSA) is 29.1 Å². The van der Waals surface area contributed by atoms with Crippen molar-refractivity contribution in [2.45, 2.75) is 56.9 Å². The summed E-state index contributed by atoms with van der Waals surface area (Å²) in [5, 5.41) is 2.61. The Balaban J connectivity index is 2.45. The first-order valence-corrected chi connectivity index (χ1v) is 5.43. The second-order valence-corrected chi connectivity index (χ2v) is 4.88. The van der Waals surface area contributed by atoms with Gasteiger partial charge in [-0.2, -0.15) is 0 Å².